The largest absolute Gasteiger partial charge is 0.477 e. The molecule has 1 N–H and O–H groups in total. The Hall–Kier alpha value is -1.10. The van der Waals surface area contributed by atoms with Crippen LogP contribution in [0, 0.1) is 0 Å². The Kier molecular flexibility index (Phi) is 3.46. The maximum Gasteiger partial charge on any atom is 0.341 e. The molecule has 0 fully saturated rings. The van der Waals surface area contributed by atoms with Crippen LogP contribution in [0.5, 0.6) is 0 Å². The fourth-order valence-corrected chi connectivity index (χ4v) is 1.64. The summed E-state index contributed by atoms with van der Waals surface area (Å²) in [5, 5.41) is 8.75. The summed E-state index contributed by atoms with van der Waals surface area (Å²) in [6.45, 7) is 2.45. The summed E-state index contributed by atoms with van der Waals surface area (Å²) in [5.41, 5.74) is -0.657. The number of aryl methyl sites for hydroxylation is 1. The number of aromatic carboxylic acids is 1. The molecule has 5 heteroatoms. The van der Waals surface area contributed by atoms with Crippen LogP contribution < -0.4 is 5.56 Å². The molecule has 0 radical (unpaired) electrons. The van der Waals surface area contributed by atoms with Crippen LogP contribution in [0.15, 0.2) is 21.5 Å². The predicted octanol–water partition coefficient (Wildman–Crippen LogP) is 1.72. The molecule has 76 valence electrons. The van der Waals surface area contributed by atoms with E-state index < -0.39 is 11.5 Å². The second-order valence-electron chi connectivity index (χ2n) is 2.88. The average molecular weight is 260 g/mol. The fourth-order valence-electron chi connectivity index (χ4n) is 1.16. The van der Waals surface area contributed by atoms with Gasteiger partial charge in [0.1, 0.15) is 5.56 Å². The smallest absolute Gasteiger partial charge is 0.341 e. The number of carboxylic acid groups (broad SMARTS) is 1. The zero-order valence-electron chi connectivity index (χ0n) is 7.66. The van der Waals surface area contributed by atoms with E-state index in [9.17, 15) is 9.59 Å². The lowest BCUT2D eigenvalue weighted by molar-refractivity contribution is 0.0694. The number of aromatic nitrogens is 1. The van der Waals surface area contributed by atoms with Gasteiger partial charge in [-0.2, -0.15) is 0 Å². The molecule has 0 aliphatic rings. The Labute approximate surface area is 89.3 Å². The highest BCUT2D eigenvalue weighted by atomic mass is 79.9. The number of nitrogens with zero attached hydrogens (tertiary/aromatic N) is 1. The van der Waals surface area contributed by atoms with Gasteiger partial charge in [0.05, 0.1) is 0 Å². The van der Waals surface area contributed by atoms with Gasteiger partial charge in [0.25, 0.3) is 5.56 Å². The third-order valence-electron chi connectivity index (χ3n) is 1.75. The van der Waals surface area contributed by atoms with Crippen molar-refractivity contribution in [2.24, 2.45) is 0 Å². The molecular weight excluding hydrogens is 250 g/mol. The van der Waals surface area contributed by atoms with Crippen molar-refractivity contribution in [3.63, 3.8) is 0 Å². The molecule has 1 aromatic rings. The number of carbonyl (C=O) groups is 1. The van der Waals surface area contributed by atoms with Crippen LogP contribution in [0.25, 0.3) is 0 Å². The van der Waals surface area contributed by atoms with Crippen molar-refractivity contribution in [2.45, 2.75) is 19.9 Å². The Bertz CT molecular complexity index is 411. The highest BCUT2D eigenvalue weighted by molar-refractivity contribution is 9.10. The molecule has 0 saturated heterocycles. The molecule has 0 aliphatic carbocycles. The van der Waals surface area contributed by atoms with E-state index in [1.54, 1.807) is 6.20 Å². The zero-order valence-corrected chi connectivity index (χ0v) is 9.24. The fraction of sp³-hybridized carbons (Fsp3) is 0.333. The summed E-state index contributed by atoms with van der Waals surface area (Å²) in [6.07, 6.45) is 2.38. The average Bonchev–Trinajstić information content (AvgIpc) is 2.10. The first-order valence-electron chi connectivity index (χ1n) is 4.19. The van der Waals surface area contributed by atoms with Gasteiger partial charge in [0.15, 0.2) is 0 Å². The van der Waals surface area contributed by atoms with E-state index in [2.05, 4.69) is 15.9 Å². The molecule has 0 atom stereocenters. The van der Waals surface area contributed by atoms with Crippen molar-refractivity contribution in [1.29, 1.82) is 0 Å². The standard InChI is InChI=1S/C9H10BrNO3/c1-2-3-11-5-6(10)4-7(8(11)12)9(13)14/h4-5H,2-3H2,1H3,(H,13,14). The molecule has 1 rings (SSSR count). The highest BCUT2D eigenvalue weighted by Gasteiger charge is 2.11. The Balaban J connectivity index is 3.32. The van der Waals surface area contributed by atoms with Gasteiger partial charge in [-0.05, 0) is 28.4 Å². The Morgan fingerprint density at radius 3 is 2.79 bits per heavy atom. The molecule has 1 aromatic heterocycles. The summed E-state index contributed by atoms with van der Waals surface area (Å²) in [7, 11) is 0. The van der Waals surface area contributed by atoms with Crippen LogP contribution >= 0.6 is 15.9 Å². The SMILES string of the molecule is CCCn1cc(Br)cc(C(=O)O)c1=O. The third kappa shape index (κ3) is 2.23. The summed E-state index contributed by atoms with van der Waals surface area (Å²) < 4.78 is 2.00. The maximum absolute atomic E-state index is 11.5. The van der Waals surface area contributed by atoms with Crippen molar-refractivity contribution in [1.82, 2.24) is 4.57 Å². The van der Waals surface area contributed by atoms with Crippen molar-refractivity contribution in [3.8, 4) is 0 Å². The van der Waals surface area contributed by atoms with Crippen molar-refractivity contribution in [2.75, 3.05) is 0 Å². The van der Waals surface area contributed by atoms with E-state index in [-0.39, 0.29) is 5.56 Å². The van der Waals surface area contributed by atoms with E-state index in [0.717, 1.165) is 6.42 Å². The van der Waals surface area contributed by atoms with Gasteiger partial charge in [-0.25, -0.2) is 4.79 Å². The van der Waals surface area contributed by atoms with Gasteiger partial charge in [0, 0.05) is 17.2 Å². The van der Waals surface area contributed by atoms with Gasteiger partial charge in [-0.15, -0.1) is 0 Å². The number of hydrogen-bond donors (Lipinski definition) is 1. The summed E-state index contributed by atoms with van der Waals surface area (Å²) in [6, 6.07) is 1.32. The van der Waals surface area contributed by atoms with Gasteiger partial charge in [0.2, 0.25) is 0 Å². The zero-order chi connectivity index (χ0) is 10.7. The summed E-state index contributed by atoms with van der Waals surface area (Å²) in [4.78, 5) is 22.2. The maximum atomic E-state index is 11.5. The minimum absolute atomic E-state index is 0.201. The molecular formula is C9H10BrNO3. The van der Waals surface area contributed by atoms with Crippen LogP contribution in [0.3, 0.4) is 0 Å². The first kappa shape index (κ1) is 11.0. The molecule has 0 spiro atoms. The predicted molar refractivity (Wildman–Crippen MR) is 55.7 cm³/mol. The second-order valence-corrected chi connectivity index (χ2v) is 3.79. The lowest BCUT2D eigenvalue weighted by atomic mass is 10.3. The lowest BCUT2D eigenvalue weighted by Crippen LogP contribution is -2.25. The topological polar surface area (TPSA) is 59.3 Å². The first-order valence-corrected chi connectivity index (χ1v) is 4.99. The van der Waals surface area contributed by atoms with Crippen molar-refractivity contribution < 1.29 is 9.90 Å². The van der Waals surface area contributed by atoms with E-state index in [1.165, 1.54) is 10.6 Å². The normalized spacial score (nSPS) is 10.1. The second kappa shape index (κ2) is 4.41. The lowest BCUT2D eigenvalue weighted by Gasteiger charge is -2.05. The number of hydrogen-bond acceptors (Lipinski definition) is 2. The van der Waals surface area contributed by atoms with Gasteiger partial charge in [-0.3, -0.25) is 4.79 Å². The molecule has 0 bridgehead atoms. The molecule has 4 nitrogen and oxygen atoms in total. The Morgan fingerprint density at radius 2 is 2.29 bits per heavy atom. The van der Waals surface area contributed by atoms with Crippen LogP contribution in [0.2, 0.25) is 0 Å². The minimum atomic E-state index is -1.19. The van der Waals surface area contributed by atoms with Crippen LogP contribution in [0.1, 0.15) is 23.7 Å². The molecule has 0 saturated carbocycles. The van der Waals surface area contributed by atoms with E-state index in [1.807, 2.05) is 6.92 Å². The van der Waals surface area contributed by atoms with Gasteiger partial charge < -0.3 is 9.67 Å². The van der Waals surface area contributed by atoms with Crippen LogP contribution in [0.4, 0.5) is 0 Å². The van der Waals surface area contributed by atoms with E-state index in [0.29, 0.717) is 11.0 Å². The summed E-state index contributed by atoms with van der Waals surface area (Å²) >= 11 is 3.16. The quantitative estimate of drug-likeness (QED) is 0.900. The molecule has 0 aromatic carbocycles. The summed E-state index contributed by atoms with van der Waals surface area (Å²) in [5.74, 6) is -1.19. The van der Waals surface area contributed by atoms with Crippen LogP contribution in [-0.4, -0.2) is 15.6 Å². The van der Waals surface area contributed by atoms with Crippen molar-refractivity contribution in [3.05, 3.63) is 32.7 Å². The van der Waals surface area contributed by atoms with Gasteiger partial charge in [-0.1, -0.05) is 6.92 Å². The first-order chi connectivity index (χ1) is 6.56. The van der Waals surface area contributed by atoms with Crippen LogP contribution in [-0.2, 0) is 6.54 Å². The Morgan fingerprint density at radius 1 is 1.64 bits per heavy atom. The monoisotopic (exact) mass is 259 g/mol. The third-order valence-corrected chi connectivity index (χ3v) is 2.18. The van der Waals surface area contributed by atoms with Gasteiger partial charge >= 0.3 is 5.97 Å². The number of halogens is 1. The minimum Gasteiger partial charge on any atom is -0.477 e. The van der Waals surface area contributed by atoms with Crippen molar-refractivity contribution >= 4 is 21.9 Å². The molecule has 0 unspecified atom stereocenters. The molecule has 0 aliphatic heterocycles. The van der Waals surface area contributed by atoms with E-state index in [4.69, 9.17) is 5.11 Å². The number of pyridine rings is 1. The highest BCUT2D eigenvalue weighted by Crippen LogP contribution is 2.09. The number of rotatable bonds is 3. The molecule has 0 amide bonds. The van der Waals surface area contributed by atoms with E-state index >= 15 is 0 Å². The number of carboxylic acids is 1. The molecule has 14 heavy (non-hydrogen) atoms. The molecule has 1 heterocycles.